The highest BCUT2D eigenvalue weighted by Crippen LogP contribution is 2.40. The summed E-state index contributed by atoms with van der Waals surface area (Å²) in [5.41, 5.74) is 3.12. The summed E-state index contributed by atoms with van der Waals surface area (Å²) in [4.78, 5) is 28.1. The van der Waals surface area contributed by atoms with Crippen LogP contribution in [-0.4, -0.2) is 36.0 Å². The minimum absolute atomic E-state index is 0.00959. The fourth-order valence-corrected chi connectivity index (χ4v) is 4.60. The van der Waals surface area contributed by atoms with E-state index in [0.29, 0.717) is 5.75 Å². The van der Waals surface area contributed by atoms with E-state index in [2.05, 4.69) is 65.8 Å². The first-order valence-corrected chi connectivity index (χ1v) is 12.6. The largest absolute Gasteiger partial charge is 0.415 e. The van der Waals surface area contributed by atoms with Gasteiger partial charge in [0.1, 0.15) is 5.75 Å². The maximum Gasteiger partial charge on any atom is 0.415 e. The molecule has 0 aliphatic rings. The van der Waals surface area contributed by atoms with Crippen molar-refractivity contribution >= 4 is 17.7 Å². The van der Waals surface area contributed by atoms with Crippen molar-refractivity contribution in [2.24, 2.45) is 0 Å². The van der Waals surface area contributed by atoms with E-state index in [-0.39, 0.29) is 29.5 Å². The molecule has 0 bridgehead atoms. The quantitative estimate of drug-likeness (QED) is 0.373. The van der Waals surface area contributed by atoms with Crippen molar-refractivity contribution in [3.05, 3.63) is 59.7 Å². The van der Waals surface area contributed by atoms with E-state index in [0.717, 1.165) is 31.4 Å². The van der Waals surface area contributed by atoms with Crippen molar-refractivity contribution in [2.75, 3.05) is 11.9 Å². The number of carbonyl (C=O) groups is 2. The molecule has 0 fully saturated rings. The van der Waals surface area contributed by atoms with Gasteiger partial charge >= 0.3 is 6.09 Å². The molecule has 2 unspecified atom stereocenters. The third-order valence-corrected chi connectivity index (χ3v) is 7.44. The number of benzene rings is 2. The Balaban J connectivity index is 2.30. The smallest absolute Gasteiger partial charge is 0.410 e. The molecule has 2 amide bonds. The number of nitrogens with zero attached hydrogens (tertiary/aromatic N) is 2. The minimum Gasteiger partial charge on any atom is -0.410 e. The van der Waals surface area contributed by atoms with Gasteiger partial charge in [0.2, 0.25) is 5.91 Å². The summed E-state index contributed by atoms with van der Waals surface area (Å²) in [6.45, 7) is 14.3. The number of ether oxygens (including phenoxy) is 1. The average molecular weight is 467 g/mol. The van der Waals surface area contributed by atoms with Gasteiger partial charge in [0.05, 0.1) is 0 Å². The molecule has 5 heteroatoms. The van der Waals surface area contributed by atoms with Crippen LogP contribution in [0.15, 0.2) is 48.5 Å². The van der Waals surface area contributed by atoms with Gasteiger partial charge in [-0.15, -0.1) is 0 Å². The lowest BCUT2D eigenvalue weighted by Crippen LogP contribution is -2.45. The Kier molecular flexibility index (Phi) is 9.72. The molecular weight excluding hydrogens is 424 g/mol. The zero-order chi connectivity index (χ0) is 25.5. The van der Waals surface area contributed by atoms with Crippen LogP contribution in [-0.2, 0) is 10.2 Å². The number of amides is 2. The Morgan fingerprint density at radius 1 is 0.824 bits per heavy atom. The molecule has 0 saturated carbocycles. The average Bonchev–Trinajstić information content (AvgIpc) is 2.85. The van der Waals surface area contributed by atoms with Crippen molar-refractivity contribution in [1.29, 1.82) is 0 Å². The summed E-state index contributed by atoms with van der Waals surface area (Å²) in [6.07, 6.45) is 3.34. The molecule has 2 rings (SSSR count). The van der Waals surface area contributed by atoms with Gasteiger partial charge in [-0.3, -0.25) is 4.79 Å². The predicted octanol–water partition coefficient (Wildman–Crippen LogP) is 7.17. The van der Waals surface area contributed by atoms with Crippen LogP contribution in [0, 0.1) is 0 Å². The Hall–Kier alpha value is -2.82. The van der Waals surface area contributed by atoms with Gasteiger partial charge in [-0.25, -0.2) is 4.79 Å². The van der Waals surface area contributed by atoms with Crippen LogP contribution in [0.2, 0.25) is 0 Å². The van der Waals surface area contributed by atoms with E-state index in [9.17, 15) is 9.59 Å². The zero-order valence-corrected chi connectivity index (χ0v) is 22.2. The van der Waals surface area contributed by atoms with E-state index in [1.165, 1.54) is 11.1 Å². The second kappa shape index (κ2) is 12.0. The lowest BCUT2D eigenvalue weighted by molar-refractivity contribution is -0.116. The number of rotatable bonds is 10. The van der Waals surface area contributed by atoms with Crippen molar-refractivity contribution < 1.29 is 14.3 Å². The first-order chi connectivity index (χ1) is 16.1. The Morgan fingerprint density at radius 3 is 1.65 bits per heavy atom. The lowest BCUT2D eigenvalue weighted by Gasteiger charge is -2.34. The van der Waals surface area contributed by atoms with Gasteiger partial charge < -0.3 is 14.5 Å². The topological polar surface area (TPSA) is 49.9 Å². The van der Waals surface area contributed by atoms with E-state index >= 15 is 0 Å². The molecule has 0 N–H and O–H groups in total. The van der Waals surface area contributed by atoms with Gasteiger partial charge in [-0.1, -0.05) is 52.0 Å². The molecular formula is C29H42N2O3. The van der Waals surface area contributed by atoms with Crippen LogP contribution < -0.4 is 9.64 Å². The van der Waals surface area contributed by atoms with E-state index in [1.807, 2.05) is 29.2 Å². The van der Waals surface area contributed by atoms with Gasteiger partial charge in [-0.05, 0) is 74.9 Å². The third-order valence-electron chi connectivity index (χ3n) is 7.44. The van der Waals surface area contributed by atoms with Gasteiger partial charge in [-0.2, -0.15) is 0 Å². The van der Waals surface area contributed by atoms with Crippen molar-refractivity contribution in [1.82, 2.24) is 4.90 Å². The molecule has 0 radical (unpaired) electrons. The lowest BCUT2D eigenvalue weighted by atomic mass is 9.70. The highest BCUT2D eigenvalue weighted by atomic mass is 16.6. The molecule has 0 aliphatic heterocycles. The molecule has 0 heterocycles. The van der Waals surface area contributed by atoms with Crippen molar-refractivity contribution in [3.63, 3.8) is 0 Å². The van der Waals surface area contributed by atoms with E-state index in [1.54, 1.807) is 18.9 Å². The third kappa shape index (κ3) is 5.81. The highest BCUT2D eigenvalue weighted by Gasteiger charge is 2.31. The van der Waals surface area contributed by atoms with Gasteiger partial charge in [0.15, 0.2) is 0 Å². The molecule has 2 aromatic rings. The normalized spacial score (nSPS) is 13.2. The van der Waals surface area contributed by atoms with Crippen LogP contribution >= 0.6 is 0 Å². The predicted molar refractivity (Wildman–Crippen MR) is 141 cm³/mol. The van der Waals surface area contributed by atoms with Gasteiger partial charge in [0.25, 0.3) is 0 Å². The monoisotopic (exact) mass is 466 g/mol. The molecule has 2 atom stereocenters. The minimum atomic E-state index is -0.293. The second-order valence-electron chi connectivity index (χ2n) is 9.23. The summed E-state index contributed by atoms with van der Waals surface area (Å²) >= 11 is 0. The summed E-state index contributed by atoms with van der Waals surface area (Å²) in [6, 6.07) is 16.4. The molecule has 0 spiro atoms. The maximum atomic E-state index is 12.9. The van der Waals surface area contributed by atoms with Crippen LogP contribution in [0.4, 0.5) is 10.5 Å². The van der Waals surface area contributed by atoms with Crippen molar-refractivity contribution in [2.45, 2.75) is 91.6 Å². The standard InChI is InChI=1S/C29H42N2O3/c1-9-21(5)31(22(6)10-2)28(33)34-27-19-15-25(16-20-27)29(11-3,12-4)24-13-17-26(18-14-24)30(8)23(7)32/h13-22H,9-12H2,1-8H3. The Bertz CT molecular complexity index is 923. The number of hydrogen-bond acceptors (Lipinski definition) is 3. The maximum absolute atomic E-state index is 12.9. The second-order valence-corrected chi connectivity index (χ2v) is 9.23. The summed E-state index contributed by atoms with van der Waals surface area (Å²) in [5.74, 6) is 0.570. The van der Waals surface area contributed by atoms with E-state index in [4.69, 9.17) is 4.74 Å². The molecule has 0 aliphatic carbocycles. The number of anilines is 1. The van der Waals surface area contributed by atoms with Crippen LogP contribution in [0.1, 0.15) is 85.3 Å². The van der Waals surface area contributed by atoms with E-state index < -0.39 is 0 Å². The van der Waals surface area contributed by atoms with Crippen molar-refractivity contribution in [3.8, 4) is 5.75 Å². The summed E-state index contributed by atoms with van der Waals surface area (Å²) in [7, 11) is 1.79. The molecule has 0 aromatic heterocycles. The first kappa shape index (κ1) is 27.4. The Labute approximate surface area is 206 Å². The Morgan fingerprint density at radius 2 is 1.26 bits per heavy atom. The number of hydrogen-bond donors (Lipinski definition) is 0. The summed E-state index contributed by atoms with van der Waals surface area (Å²) < 4.78 is 5.78. The van der Waals surface area contributed by atoms with Gasteiger partial charge in [0, 0.05) is 37.2 Å². The molecule has 5 nitrogen and oxygen atoms in total. The molecule has 34 heavy (non-hydrogen) atoms. The first-order valence-electron chi connectivity index (χ1n) is 12.6. The highest BCUT2D eigenvalue weighted by molar-refractivity contribution is 5.90. The van der Waals surface area contributed by atoms with Crippen LogP contribution in [0.25, 0.3) is 0 Å². The molecule has 0 saturated heterocycles. The van der Waals surface area contributed by atoms with Crippen LogP contribution in [0.3, 0.4) is 0 Å². The fourth-order valence-electron chi connectivity index (χ4n) is 4.60. The fraction of sp³-hybridized carbons (Fsp3) is 0.517. The molecule has 186 valence electrons. The summed E-state index contributed by atoms with van der Waals surface area (Å²) in [5, 5.41) is 0. The number of carbonyl (C=O) groups excluding carboxylic acids is 2. The van der Waals surface area contributed by atoms with Crippen LogP contribution in [0.5, 0.6) is 5.75 Å². The molecule has 2 aromatic carbocycles. The SMILES string of the molecule is CCC(C)N(C(=O)Oc1ccc(C(CC)(CC)c2ccc(N(C)C(C)=O)cc2)cc1)C(C)CC. The zero-order valence-electron chi connectivity index (χ0n) is 22.2.